The normalized spacial score (nSPS) is 17.8. The number of hydrogen-bond acceptors (Lipinski definition) is 5. The van der Waals surface area contributed by atoms with Crippen LogP contribution < -0.4 is 5.32 Å². The van der Waals surface area contributed by atoms with Crippen LogP contribution in [0.3, 0.4) is 0 Å². The Labute approximate surface area is 127 Å². The van der Waals surface area contributed by atoms with Gasteiger partial charge in [-0.2, -0.15) is 4.31 Å². The van der Waals surface area contributed by atoms with E-state index in [1.54, 1.807) is 20.2 Å². The summed E-state index contributed by atoms with van der Waals surface area (Å²) in [4.78, 5) is 6.48. The minimum atomic E-state index is -3.49. The number of anilines is 1. The fraction of sp³-hybridized carbons (Fsp3) is 0.643. The molecule has 1 aliphatic rings. The largest absolute Gasteiger partial charge is 0.373 e. The van der Waals surface area contributed by atoms with Crippen LogP contribution in [0.2, 0.25) is 0 Å². The van der Waals surface area contributed by atoms with Gasteiger partial charge >= 0.3 is 0 Å². The van der Waals surface area contributed by atoms with E-state index in [9.17, 15) is 8.42 Å². The minimum Gasteiger partial charge on any atom is -0.373 e. The van der Waals surface area contributed by atoms with Crippen LogP contribution >= 0.6 is 0 Å². The molecule has 0 aromatic carbocycles. The van der Waals surface area contributed by atoms with Gasteiger partial charge in [0, 0.05) is 38.4 Å². The fourth-order valence-electron chi connectivity index (χ4n) is 2.72. The number of sulfonamides is 1. The van der Waals surface area contributed by atoms with Crippen molar-refractivity contribution >= 4 is 15.8 Å². The highest BCUT2D eigenvalue weighted by molar-refractivity contribution is 7.89. The van der Waals surface area contributed by atoms with E-state index in [1.165, 1.54) is 16.6 Å². The van der Waals surface area contributed by atoms with Gasteiger partial charge in [0.1, 0.15) is 5.82 Å². The van der Waals surface area contributed by atoms with Gasteiger partial charge in [-0.15, -0.1) is 0 Å². The van der Waals surface area contributed by atoms with E-state index in [-0.39, 0.29) is 10.4 Å². The third-order valence-corrected chi connectivity index (χ3v) is 6.25. The van der Waals surface area contributed by atoms with E-state index in [4.69, 9.17) is 0 Å². The van der Waals surface area contributed by atoms with Gasteiger partial charge < -0.3 is 10.2 Å². The van der Waals surface area contributed by atoms with Crippen LogP contribution in [0.5, 0.6) is 0 Å². The maximum Gasteiger partial charge on any atom is 0.243 e. The fourth-order valence-corrected chi connectivity index (χ4v) is 3.98. The van der Waals surface area contributed by atoms with E-state index in [0.29, 0.717) is 12.4 Å². The van der Waals surface area contributed by atoms with Crippen molar-refractivity contribution in [2.45, 2.75) is 29.7 Å². The van der Waals surface area contributed by atoms with Crippen LogP contribution in [0.25, 0.3) is 0 Å². The summed E-state index contributed by atoms with van der Waals surface area (Å²) in [5, 5.41) is 2.86. The predicted octanol–water partition coefficient (Wildman–Crippen LogP) is 1.23. The number of pyridine rings is 1. The van der Waals surface area contributed by atoms with Crippen LogP contribution in [-0.4, -0.2) is 62.9 Å². The first kappa shape index (κ1) is 16.2. The zero-order valence-electron chi connectivity index (χ0n) is 13.1. The highest BCUT2D eigenvalue weighted by Crippen LogP contribution is 2.37. The van der Waals surface area contributed by atoms with Crippen LogP contribution in [0.1, 0.15) is 19.3 Å². The monoisotopic (exact) mass is 312 g/mol. The molecule has 0 spiro atoms. The third kappa shape index (κ3) is 3.04. The maximum absolute atomic E-state index is 12.7. The molecule has 0 saturated heterocycles. The van der Waals surface area contributed by atoms with Gasteiger partial charge in [-0.1, -0.05) is 0 Å². The van der Waals surface area contributed by atoms with Crippen molar-refractivity contribution in [2.75, 3.05) is 40.1 Å². The number of nitrogens with zero attached hydrogens (tertiary/aromatic N) is 3. The zero-order valence-corrected chi connectivity index (χ0v) is 13.9. The maximum atomic E-state index is 12.7. The van der Waals surface area contributed by atoms with Gasteiger partial charge in [0.2, 0.25) is 10.0 Å². The second-order valence-corrected chi connectivity index (χ2v) is 7.91. The molecule has 0 atom stereocenters. The van der Waals surface area contributed by atoms with Gasteiger partial charge in [-0.25, -0.2) is 13.4 Å². The molecule has 0 amide bonds. The Morgan fingerprint density at radius 2 is 2.00 bits per heavy atom. The van der Waals surface area contributed by atoms with Gasteiger partial charge in [0.05, 0.1) is 4.90 Å². The van der Waals surface area contributed by atoms with Crippen molar-refractivity contribution in [1.29, 1.82) is 0 Å². The quantitative estimate of drug-likeness (QED) is 0.856. The van der Waals surface area contributed by atoms with Crippen molar-refractivity contribution in [3.05, 3.63) is 18.3 Å². The molecule has 21 heavy (non-hydrogen) atoms. The lowest BCUT2D eigenvalue weighted by Gasteiger charge is -2.48. The first-order valence-electron chi connectivity index (χ1n) is 7.09. The predicted molar refractivity (Wildman–Crippen MR) is 83.9 cm³/mol. The standard InChI is InChI=1S/C14H24N4O2S/c1-15-13-10-12(6-9-16-13)21(19,20)18(4)11-14(17(2)3)7-5-8-14/h6,9-10H,5,7-8,11H2,1-4H3,(H,15,16). The average Bonchev–Trinajstić information content (AvgIpc) is 2.42. The van der Waals surface area contributed by atoms with Gasteiger partial charge in [0.15, 0.2) is 0 Å². The second kappa shape index (κ2) is 5.90. The summed E-state index contributed by atoms with van der Waals surface area (Å²) in [7, 11) is 3.92. The molecular formula is C14H24N4O2S. The summed E-state index contributed by atoms with van der Waals surface area (Å²) >= 11 is 0. The molecule has 1 aromatic rings. The van der Waals surface area contributed by atoms with Crippen molar-refractivity contribution in [3.8, 4) is 0 Å². The molecule has 1 heterocycles. The van der Waals surface area contributed by atoms with Crippen molar-refractivity contribution in [3.63, 3.8) is 0 Å². The molecule has 0 radical (unpaired) electrons. The van der Waals surface area contributed by atoms with Crippen molar-refractivity contribution in [1.82, 2.24) is 14.2 Å². The highest BCUT2D eigenvalue weighted by Gasteiger charge is 2.42. The Morgan fingerprint density at radius 1 is 1.33 bits per heavy atom. The smallest absolute Gasteiger partial charge is 0.243 e. The summed E-state index contributed by atoms with van der Waals surface area (Å²) in [6.45, 7) is 0.513. The number of likely N-dealkylation sites (N-methyl/N-ethyl adjacent to an activating group) is 2. The molecule has 7 heteroatoms. The van der Waals surface area contributed by atoms with Crippen LogP contribution in [0.15, 0.2) is 23.2 Å². The van der Waals surface area contributed by atoms with E-state index >= 15 is 0 Å². The summed E-state index contributed by atoms with van der Waals surface area (Å²) in [6, 6.07) is 3.10. The molecule has 1 aromatic heterocycles. The molecule has 6 nitrogen and oxygen atoms in total. The van der Waals surface area contributed by atoms with E-state index in [1.807, 2.05) is 14.1 Å². The summed E-state index contributed by atoms with van der Waals surface area (Å²) in [5.41, 5.74) is -0.0271. The summed E-state index contributed by atoms with van der Waals surface area (Å²) < 4.78 is 26.8. The van der Waals surface area contributed by atoms with E-state index in [2.05, 4.69) is 15.2 Å². The number of rotatable bonds is 6. The Morgan fingerprint density at radius 3 is 2.48 bits per heavy atom. The van der Waals surface area contributed by atoms with Gasteiger partial charge in [0.25, 0.3) is 0 Å². The number of aromatic nitrogens is 1. The lowest BCUT2D eigenvalue weighted by molar-refractivity contribution is 0.0455. The van der Waals surface area contributed by atoms with E-state index in [0.717, 1.165) is 19.3 Å². The third-order valence-electron chi connectivity index (χ3n) is 4.45. The second-order valence-electron chi connectivity index (χ2n) is 5.86. The molecular weight excluding hydrogens is 288 g/mol. The van der Waals surface area contributed by atoms with Crippen molar-refractivity contribution in [2.24, 2.45) is 0 Å². The number of nitrogens with one attached hydrogen (secondary N) is 1. The molecule has 1 fully saturated rings. The van der Waals surface area contributed by atoms with Crippen molar-refractivity contribution < 1.29 is 8.42 Å². The molecule has 1 N–H and O–H groups in total. The Hall–Kier alpha value is -1.18. The molecule has 0 bridgehead atoms. The Kier molecular flexibility index (Phi) is 4.55. The molecule has 1 saturated carbocycles. The lowest BCUT2D eigenvalue weighted by atomic mass is 9.75. The summed E-state index contributed by atoms with van der Waals surface area (Å²) in [5.74, 6) is 0.551. The van der Waals surface area contributed by atoms with Crippen LogP contribution in [-0.2, 0) is 10.0 Å². The molecule has 1 aliphatic carbocycles. The Balaban J connectivity index is 2.22. The summed E-state index contributed by atoms with van der Waals surface area (Å²) in [6.07, 6.45) is 4.75. The molecule has 0 aliphatic heterocycles. The van der Waals surface area contributed by atoms with Gasteiger partial charge in [-0.3, -0.25) is 0 Å². The van der Waals surface area contributed by atoms with Crippen LogP contribution in [0.4, 0.5) is 5.82 Å². The first-order valence-corrected chi connectivity index (χ1v) is 8.53. The highest BCUT2D eigenvalue weighted by atomic mass is 32.2. The lowest BCUT2D eigenvalue weighted by Crippen LogP contribution is -2.57. The van der Waals surface area contributed by atoms with Gasteiger partial charge in [-0.05, 0) is 39.4 Å². The zero-order chi connectivity index (χ0) is 15.7. The van der Waals surface area contributed by atoms with Crippen LogP contribution in [0, 0.1) is 0 Å². The minimum absolute atomic E-state index is 0.0271. The van der Waals surface area contributed by atoms with E-state index < -0.39 is 10.0 Å². The SMILES string of the molecule is CNc1cc(S(=O)(=O)N(C)CC2(N(C)C)CCC2)ccn1. The molecule has 2 rings (SSSR count). The topological polar surface area (TPSA) is 65.5 Å². The first-order chi connectivity index (χ1) is 9.82. The Bertz CT molecular complexity index is 597. The average molecular weight is 312 g/mol. The number of hydrogen-bond donors (Lipinski definition) is 1. The molecule has 0 unspecified atom stereocenters. The molecule has 118 valence electrons.